The number of amides is 1. The van der Waals surface area contributed by atoms with Gasteiger partial charge in [0.1, 0.15) is 0 Å². The van der Waals surface area contributed by atoms with Crippen molar-refractivity contribution in [2.24, 2.45) is 0 Å². The van der Waals surface area contributed by atoms with E-state index in [0.29, 0.717) is 45.1 Å². The zero-order chi connectivity index (χ0) is 22.6. The lowest BCUT2D eigenvalue weighted by molar-refractivity contribution is -0.122. The molecule has 32 heavy (non-hydrogen) atoms. The molecule has 0 radical (unpaired) electrons. The lowest BCUT2D eigenvalue weighted by atomic mass is 10.1. The van der Waals surface area contributed by atoms with Crippen LogP contribution in [0.3, 0.4) is 0 Å². The Kier molecular flexibility index (Phi) is 7.22. The number of nitrogens with one attached hydrogen (secondary N) is 1. The maximum atomic E-state index is 12.9. The summed E-state index contributed by atoms with van der Waals surface area (Å²) in [7, 11) is -3.62. The van der Waals surface area contributed by atoms with E-state index >= 15 is 0 Å². The molecule has 2 unspecified atom stereocenters. The number of morpholine rings is 2. The molecule has 2 fully saturated rings. The number of nitrogens with zero attached hydrogens (tertiary/aromatic N) is 2. The average Bonchev–Trinajstić information content (AvgIpc) is 2.80. The molecule has 2 saturated heterocycles. The van der Waals surface area contributed by atoms with Crippen LogP contribution < -0.4 is 5.32 Å². The summed E-state index contributed by atoms with van der Waals surface area (Å²) in [5, 5.41) is 2.85. The third-order valence-corrected chi connectivity index (χ3v) is 7.49. The molecule has 0 spiro atoms. The van der Waals surface area contributed by atoms with Gasteiger partial charge in [0.15, 0.2) is 0 Å². The standard InChI is InChI=1S/C23H29N3O5S/c1-18-15-25(16-22(31-18)19-6-3-2-4-7-19)17-23(27)24-20-8-5-9-21(14-20)32(28,29)26-10-12-30-13-11-26/h2-9,14,18,22H,10-13,15-17H2,1H3,(H,24,27). The van der Waals surface area contributed by atoms with Gasteiger partial charge in [0, 0.05) is 31.9 Å². The van der Waals surface area contributed by atoms with Crippen LogP contribution >= 0.6 is 0 Å². The molecule has 2 aromatic carbocycles. The second-order valence-corrected chi connectivity index (χ2v) is 10.1. The first-order valence-electron chi connectivity index (χ1n) is 10.8. The molecular formula is C23H29N3O5S. The molecule has 0 aliphatic carbocycles. The number of hydrogen-bond acceptors (Lipinski definition) is 6. The number of carbonyl (C=O) groups excluding carboxylic acids is 1. The van der Waals surface area contributed by atoms with Gasteiger partial charge in [-0.3, -0.25) is 9.69 Å². The van der Waals surface area contributed by atoms with Crippen molar-refractivity contribution >= 4 is 21.6 Å². The van der Waals surface area contributed by atoms with Gasteiger partial charge in [0.05, 0.1) is 36.9 Å². The largest absolute Gasteiger partial charge is 0.379 e. The Morgan fingerprint density at radius 3 is 2.56 bits per heavy atom. The van der Waals surface area contributed by atoms with Gasteiger partial charge in [0.25, 0.3) is 0 Å². The number of benzene rings is 2. The Labute approximate surface area is 189 Å². The fourth-order valence-corrected chi connectivity index (χ4v) is 5.55. The van der Waals surface area contributed by atoms with E-state index in [1.165, 1.54) is 10.4 Å². The Morgan fingerprint density at radius 1 is 1.06 bits per heavy atom. The zero-order valence-corrected chi connectivity index (χ0v) is 19.0. The van der Waals surface area contributed by atoms with E-state index in [2.05, 4.69) is 10.2 Å². The van der Waals surface area contributed by atoms with Crippen LogP contribution in [0.15, 0.2) is 59.5 Å². The van der Waals surface area contributed by atoms with Crippen LogP contribution in [0.2, 0.25) is 0 Å². The van der Waals surface area contributed by atoms with E-state index in [9.17, 15) is 13.2 Å². The van der Waals surface area contributed by atoms with Crippen molar-refractivity contribution in [1.29, 1.82) is 0 Å². The molecule has 2 aliphatic heterocycles. The van der Waals surface area contributed by atoms with Gasteiger partial charge in [-0.05, 0) is 30.7 Å². The number of ether oxygens (including phenoxy) is 2. The molecule has 2 aliphatic rings. The van der Waals surface area contributed by atoms with Crippen LogP contribution in [0.4, 0.5) is 5.69 Å². The van der Waals surface area contributed by atoms with Gasteiger partial charge < -0.3 is 14.8 Å². The number of rotatable bonds is 6. The number of carbonyl (C=O) groups is 1. The van der Waals surface area contributed by atoms with Crippen LogP contribution in [-0.4, -0.2) is 75.6 Å². The van der Waals surface area contributed by atoms with E-state index in [-0.39, 0.29) is 29.6 Å². The van der Waals surface area contributed by atoms with Crippen LogP contribution in [0.25, 0.3) is 0 Å². The van der Waals surface area contributed by atoms with E-state index < -0.39 is 10.0 Å². The van der Waals surface area contributed by atoms with Gasteiger partial charge in [-0.15, -0.1) is 0 Å². The molecular weight excluding hydrogens is 430 g/mol. The van der Waals surface area contributed by atoms with Gasteiger partial charge >= 0.3 is 0 Å². The third-order valence-electron chi connectivity index (χ3n) is 5.60. The molecule has 4 rings (SSSR count). The number of hydrogen-bond donors (Lipinski definition) is 1. The quantitative estimate of drug-likeness (QED) is 0.712. The Morgan fingerprint density at radius 2 is 1.81 bits per heavy atom. The maximum absolute atomic E-state index is 12.9. The lowest BCUT2D eigenvalue weighted by Gasteiger charge is -2.36. The van der Waals surface area contributed by atoms with Crippen molar-refractivity contribution in [3.63, 3.8) is 0 Å². The molecule has 172 valence electrons. The molecule has 1 N–H and O–H groups in total. The minimum absolute atomic E-state index is 0.00347. The molecule has 9 heteroatoms. The van der Waals surface area contributed by atoms with Crippen LogP contribution in [0.1, 0.15) is 18.6 Å². The van der Waals surface area contributed by atoms with Crippen molar-refractivity contribution in [1.82, 2.24) is 9.21 Å². The summed E-state index contributed by atoms with van der Waals surface area (Å²) in [4.78, 5) is 15.0. The van der Waals surface area contributed by atoms with E-state index in [1.807, 2.05) is 37.3 Å². The molecule has 2 aromatic rings. The summed E-state index contributed by atoms with van der Waals surface area (Å²) in [5.74, 6) is -0.188. The summed E-state index contributed by atoms with van der Waals surface area (Å²) in [6, 6.07) is 16.4. The third kappa shape index (κ3) is 5.54. The monoisotopic (exact) mass is 459 g/mol. The minimum Gasteiger partial charge on any atom is -0.379 e. The van der Waals surface area contributed by atoms with Crippen molar-refractivity contribution in [3.05, 3.63) is 60.2 Å². The van der Waals surface area contributed by atoms with Crippen LogP contribution in [0, 0.1) is 0 Å². The Bertz CT molecular complexity index is 1020. The molecule has 2 heterocycles. The highest BCUT2D eigenvalue weighted by atomic mass is 32.2. The zero-order valence-electron chi connectivity index (χ0n) is 18.1. The maximum Gasteiger partial charge on any atom is 0.243 e. The van der Waals surface area contributed by atoms with Gasteiger partial charge in [0.2, 0.25) is 15.9 Å². The van der Waals surface area contributed by atoms with Crippen LogP contribution in [-0.2, 0) is 24.3 Å². The minimum atomic E-state index is -3.62. The van der Waals surface area contributed by atoms with Crippen molar-refractivity contribution in [2.75, 3.05) is 51.3 Å². The topological polar surface area (TPSA) is 88.2 Å². The highest BCUT2D eigenvalue weighted by molar-refractivity contribution is 7.89. The molecule has 2 atom stereocenters. The molecule has 0 aromatic heterocycles. The highest BCUT2D eigenvalue weighted by Gasteiger charge is 2.28. The van der Waals surface area contributed by atoms with Crippen molar-refractivity contribution in [2.45, 2.75) is 24.0 Å². The second-order valence-electron chi connectivity index (χ2n) is 8.13. The first kappa shape index (κ1) is 22.9. The van der Waals surface area contributed by atoms with Gasteiger partial charge in [-0.2, -0.15) is 4.31 Å². The molecule has 8 nitrogen and oxygen atoms in total. The van der Waals surface area contributed by atoms with E-state index in [1.54, 1.807) is 18.2 Å². The molecule has 0 bridgehead atoms. The first-order valence-corrected chi connectivity index (χ1v) is 12.3. The summed E-state index contributed by atoms with van der Waals surface area (Å²) < 4.78 is 38.5. The summed E-state index contributed by atoms with van der Waals surface area (Å²) in [5.41, 5.74) is 1.55. The normalized spacial score (nSPS) is 23.0. The number of sulfonamides is 1. The highest BCUT2D eigenvalue weighted by Crippen LogP contribution is 2.25. The van der Waals surface area contributed by atoms with Crippen LogP contribution in [0.5, 0.6) is 0 Å². The van der Waals surface area contributed by atoms with Gasteiger partial charge in [-0.25, -0.2) is 8.42 Å². The Balaban J connectivity index is 1.39. The van der Waals surface area contributed by atoms with Gasteiger partial charge in [-0.1, -0.05) is 36.4 Å². The average molecular weight is 460 g/mol. The van der Waals surface area contributed by atoms with Crippen molar-refractivity contribution in [3.8, 4) is 0 Å². The SMILES string of the molecule is CC1CN(CC(=O)Nc2cccc(S(=O)(=O)N3CCOCC3)c2)CC(c2ccccc2)O1. The fourth-order valence-electron chi connectivity index (χ4n) is 4.09. The van der Waals surface area contributed by atoms with E-state index in [4.69, 9.17) is 9.47 Å². The number of anilines is 1. The Hall–Kier alpha value is -2.30. The molecule has 0 saturated carbocycles. The lowest BCUT2D eigenvalue weighted by Crippen LogP contribution is -2.46. The molecule has 1 amide bonds. The predicted molar refractivity (Wildman–Crippen MR) is 121 cm³/mol. The summed E-state index contributed by atoms with van der Waals surface area (Å²) >= 11 is 0. The smallest absolute Gasteiger partial charge is 0.243 e. The first-order chi connectivity index (χ1) is 15.4. The second kappa shape index (κ2) is 10.1. The van der Waals surface area contributed by atoms with Crippen molar-refractivity contribution < 1.29 is 22.7 Å². The summed E-state index contributed by atoms with van der Waals surface area (Å²) in [6.45, 7) is 4.91. The fraction of sp³-hybridized carbons (Fsp3) is 0.435. The summed E-state index contributed by atoms with van der Waals surface area (Å²) in [6.07, 6.45) is -0.0847. The van der Waals surface area contributed by atoms with E-state index in [0.717, 1.165) is 5.56 Å². The predicted octanol–water partition coefficient (Wildman–Crippen LogP) is 2.11.